The number of aromatic nitrogens is 1. The average molecular weight is 317 g/mol. The molecule has 2 aromatic rings. The third-order valence-corrected chi connectivity index (χ3v) is 4.24. The summed E-state index contributed by atoms with van der Waals surface area (Å²) in [6, 6.07) is 9.87. The van der Waals surface area contributed by atoms with Gasteiger partial charge < -0.3 is 0 Å². The van der Waals surface area contributed by atoms with Crippen molar-refractivity contribution in [1.82, 2.24) is 4.98 Å². The lowest BCUT2D eigenvalue weighted by molar-refractivity contribution is 0.0127. The molecule has 1 aromatic carbocycles. The molecule has 0 atom stereocenters. The van der Waals surface area contributed by atoms with Crippen molar-refractivity contribution in [3.05, 3.63) is 64.5 Å². The molecule has 0 unspecified atom stereocenters. The van der Waals surface area contributed by atoms with Gasteiger partial charge in [0.15, 0.2) is 0 Å². The molecule has 0 aliphatic heterocycles. The SMILES string of the molecule is CCc1cc(C(C)C)ccc1CCc1ccc(C(C)(F)F)nc1. The van der Waals surface area contributed by atoms with Crippen molar-refractivity contribution in [2.45, 2.75) is 58.8 Å². The summed E-state index contributed by atoms with van der Waals surface area (Å²) in [4.78, 5) is 3.89. The van der Waals surface area contributed by atoms with E-state index in [0.717, 1.165) is 31.7 Å². The van der Waals surface area contributed by atoms with E-state index in [2.05, 4.69) is 44.0 Å². The van der Waals surface area contributed by atoms with E-state index in [9.17, 15) is 8.78 Å². The Bertz CT molecular complexity index is 640. The Labute approximate surface area is 137 Å². The number of halogens is 2. The Hall–Kier alpha value is -1.77. The van der Waals surface area contributed by atoms with Crippen LogP contribution in [0.15, 0.2) is 36.5 Å². The van der Waals surface area contributed by atoms with Crippen LogP contribution in [-0.2, 0) is 25.2 Å². The lowest BCUT2D eigenvalue weighted by Crippen LogP contribution is -2.09. The van der Waals surface area contributed by atoms with Crippen LogP contribution in [0.1, 0.15) is 61.6 Å². The summed E-state index contributed by atoms with van der Waals surface area (Å²) in [5.41, 5.74) is 4.90. The summed E-state index contributed by atoms with van der Waals surface area (Å²) in [7, 11) is 0. The fourth-order valence-electron chi connectivity index (χ4n) is 2.69. The van der Waals surface area contributed by atoms with Crippen molar-refractivity contribution < 1.29 is 8.78 Å². The maximum atomic E-state index is 13.2. The standard InChI is InChI=1S/C20H25F2N/c1-5-16-12-18(14(2)3)10-9-17(16)8-6-15-7-11-19(23-13-15)20(4,21)22/h7,9-14H,5-6,8H2,1-4H3. The topological polar surface area (TPSA) is 12.9 Å². The molecule has 0 N–H and O–H groups in total. The van der Waals surface area contributed by atoms with Crippen LogP contribution >= 0.6 is 0 Å². The maximum Gasteiger partial charge on any atom is 0.286 e. The lowest BCUT2D eigenvalue weighted by atomic mass is 9.93. The van der Waals surface area contributed by atoms with Crippen LogP contribution in [0.2, 0.25) is 0 Å². The highest BCUT2D eigenvalue weighted by molar-refractivity contribution is 5.34. The van der Waals surface area contributed by atoms with E-state index in [1.54, 1.807) is 12.3 Å². The molecule has 2 rings (SSSR count). The fourth-order valence-corrected chi connectivity index (χ4v) is 2.69. The molecule has 124 valence electrons. The predicted octanol–water partition coefficient (Wildman–Crippen LogP) is 5.66. The Morgan fingerprint density at radius 2 is 1.78 bits per heavy atom. The predicted molar refractivity (Wildman–Crippen MR) is 91.1 cm³/mol. The molecule has 1 heterocycles. The van der Waals surface area contributed by atoms with Crippen molar-refractivity contribution >= 4 is 0 Å². The van der Waals surface area contributed by atoms with Gasteiger partial charge in [0, 0.05) is 13.1 Å². The number of benzene rings is 1. The van der Waals surface area contributed by atoms with Gasteiger partial charge in [-0.1, -0.05) is 45.0 Å². The molecule has 23 heavy (non-hydrogen) atoms. The van der Waals surface area contributed by atoms with Crippen molar-refractivity contribution in [3.63, 3.8) is 0 Å². The average Bonchev–Trinajstić information content (AvgIpc) is 2.52. The third kappa shape index (κ3) is 4.60. The van der Waals surface area contributed by atoms with E-state index in [-0.39, 0.29) is 5.69 Å². The van der Waals surface area contributed by atoms with E-state index in [4.69, 9.17) is 0 Å². The molecule has 0 bridgehead atoms. The van der Waals surface area contributed by atoms with Gasteiger partial charge in [0.1, 0.15) is 5.69 Å². The Morgan fingerprint density at radius 1 is 1.04 bits per heavy atom. The summed E-state index contributed by atoms with van der Waals surface area (Å²) < 4.78 is 26.4. The molecular formula is C20H25F2N. The minimum Gasteiger partial charge on any atom is -0.255 e. The monoisotopic (exact) mass is 317 g/mol. The highest BCUT2D eigenvalue weighted by Gasteiger charge is 2.25. The zero-order valence-electron chi connectivity index (χ0n) is 14.4. The largest absolute Gasteiger partial charge is 0.286 e. The van der Waals surface area contributed by atoms with Crippen LogP contribution in [0.4, 0.5) is 8.78 Å². The molecule has 0 amide bonds. The van der Waals surface area contributed by atoms with Gasteiger partial charge in [-0.3, -0.25) is 4.98 Å². The normalized spacial score (nSPS) is 12.0. The first-order valence-corrected chi connectivity index (χ1v) is 8.26. The van der Waals surface area contributed by atoms with E-state index in [1.165, 1.54) is 22.8 Å². The van der Waals surface area contributed by atoms with Gasteiger partial charge in [0.05, 0.1) is 0 Å². The Morgan fingerprint density at radius 3 is 2.30 bits per heavy atom. The third-order valence-electron chi connectivity index (χ3n) is 4.24. The van der Waals surface area contributed by atoms with Crippen LogP contribution in [0.25, 0.3) is 0 Å². The second-order valence-corrected chi connectivity index (χ2v) is 6.48. The van der Waals surface area contributed by atoms with Gasteiger partial charge in [-0.25, -0.2) is 0 Å². The summed E-state index contributed by atoms with van der Waals surface area (Å²) in [6.45, 7) is 7.44. The second kappa shape index (κ2) is 7.20. The van der Waals surface area contributed by atoms with Gasteiger partial charge in [0.25, 0.3) is 5.92 Å². The summed E-state index contributed by atoms with van der Waals surface area (Å²) in [5.74, 6) is -2.34. The van der Waals surface area contributed by atoms with E-state index in [1.807, 2.05) is 0 Å². The van der Waals surface area contributed by atoms with Gasteiger partial charge in [-0.15, -0.1) is 0 Å². The molecule has 0 aliphatic carbocycles. The minimum atomic E-state index is -2.87. The van der Waals surface area contributed by atoms with Crippen molar-refractivity contribution in [1.29, 1.82) is 0 Å². The Kier molecular flexibility index (Phi) is 5.51. The first-order chi connectivity index (χ1) is 10.8. The van der Waals surface area contributed by atoms with Crippen molar-refractivity contribution in [2.75, 3.05) is 0 Å². The van der Waals surface area contributed by atoms with Crippen LogP contribution < -0.4 is 0 Å². The molecule has 0 spiro atoms. The number of rotatable bonds is 6. The minimum absolute atomic E-state index is 0.170. The van der Waals surface area contributed by atoms with Gasteiger partial charge in [-0.2, -0.15) is 8.78 Å². The van der Waals surface area contributed by atoms with Crippen molar-refractivity contribution in [3.8, 4) is 0 Å². The molecule has 3 heteroatoms. The second-order valence-electron chi connectivity index (χ2n) is 6.48. The molecule has 0 aliphatic rings. The summed E-state index contributed by atoms with van der Waals surface area (Å²) in [6.07, 6.45) is 4.30. The van der Waals surface area contributed by atoms with Crippen LogP contribution in [0, 0.1) is 0 Å². The smallest absolute Gasteiger partial charge is 0.255 e. The first-order valence-electron chi connectivity index (χ1n) is 8.26. The maximum absolute atomic E-state index is 13.2. The molecule has 0 saturated heterocycles. The van der Waals surface area contributed by atoms with Gasteiger partial charge >= 0.3 is 0 Å². The van der Waals surface area contributed by atoms with Gasteiger partial charge in [-0.05, 0) is 53.5 Å². The molecule has 1 nitrogen and oxygen atoms in total. The number of alkyl halides is 2. The number of nitrogens with zero attached hydrogens (tertiary/aromatic N) is 1. The number of hydrogen-bond acceptors (Lipinski definition) is 1. The molecule has 0 fully saturated rings. The highest BCUT2D eigenvalue weighted by atomic mass is 19.3. The van der Waals surface area contributed by atoms with Gasteiger partial charge in [0.2, 0.25) is 0 Å². The fraction of sp³-hybridized carbons (Fsp3) is 0.450. The quantitative estimate of drug-likeness (QED) is 0.669. The van der Waals surface area contributed by atoms with E-state index in [0.29, 0.717) is 5.92 Å². The first kappa shape index (κ1) is 17.6. The van der Waals surface area contributed by atoms with Crippen LogP contribution in [0.3, 0.4) is 0 Å². The molecule has 1 aromatic heterocycles. The zero-order chi connectivity index (χ0) is 17.0. The zero-order valence-corrected chi connectivity index (χ0v) is 14.4. The van der Waals surface area contributed by atoms with E-state index < -0.39 is 5.92 Å². The summed E-state index contributed by atoms with van der Waals surface area (Å²) in [5, 5.41) is 0. The highest BCUT2D eigenvalue weighted by Crippen LogP contribution is 2.25. The number of aryl methyl sites for hydroxylation is 3. The number of pyridine rings is 1. The number of hydrogen-bond donors (Lipinski definition) is 0. The molecular weight excluding hydrogens is 292 g/mol. The molecule has 0 saturated carbocycles. The summed E-state index contributed by atoms with van der Waals surface area (Å²) >= 11 is 0. The van der Waals surface area contributed by atoms with E-state index >= 15 is 0 Å². The lowest BCUT2D eigenvalue weighted by Gasteiger charge is -2.13. The Balaban J connectivity index is 2.08. The van der Waals surface area contributed by atoms with Crippen LogP contribution in [-0.4, -0.2) is 4.98 Å². The van der Waals surface area contributed by atoms with Crippen LogP contribution in [0.5, 0.6) is 0 Å². The van der Waals surface area contributed by atoms with Crippen molar-refractivity contribution in [2.24, 2.45) is 0 Å². The molecule has 0 radical (unpaired) electrons.